The summed E-state index contributed by atoms with van der Waals surface area (Å²) in [4.78, 5) is 44.4. The van der Waals surface area contributed by atoms with Crippen LogP contribution in [0.1, 0.15) is 77.1 Å². The number of aromatic nitrogens is 4. The first-order chi connectivity index (χ1) is 19.3. The van der Waals surface area contributed by atoms with E-state index in [1.54, 1.807) is 13.8 Å². The summed E-state index contributed by atoms with van der Waals surface area (Å²) >= 11 is 0. The molecule has 2 fully saturated rings. The van der Waals surface area contributed by atoms with Gasteiger partial charge in [-0.2, -0.15) is 0 Å². The molecule has 4 atom stereocenters. The van der Waals surface area contributed by atoms with Gasteiger partial charge in [0.2, 0.25) is 11.8 Å². The van der Waals surface area contributed by atoms with Crippen LogP contribution in [-0.2, 0) is 9.59 Å². The number of carbonyl (C=O) groups is 2. The second kappa shape index (κ2) is 10.4. The molecule has 4 heterocycles. The third kappa shape index (κ3) is 4.72. The molecular formula is C32H36N6O2. The van der Waals surface area contributed by atoms with Crippen molar-refractivity contribution in [3.05, 3.63) is 72.6 Å². The largest absolute Gasteiger partial charge is 0.340 e. The lowest BCUT2D eigenvalue weighted by molar-refractivity contribution is -0.132. The van der Waals surface area contributed by atoms with Crippen molar-refractivity contribution in [2.75, 3.05) is 0 Å². The van der Waals surface area contributed by atoms with E-state index < -0.39 is 0 Å². The number of rotatable bonds is 5. The first-order valence-corrected chi connectivity index (χ1v) is 14.2. The Balaban J connectivity index is 1.15. The molecule has 2 saturated heterocycles. The van der Waals surface area contributed by atoms with Gasteiger partial charge in [0.25, 0.3) is 0 Å². The average molecular weight is 537 g/mol. The fourth-order valence-electron chi connectivity index (χ4n) is 6.56. The Morgan fingerprint density at radius 1 is 0.625 bits per heavy atom. The summed E-state index contributed by atoms with van der Waals surface area (Å²) in [6, 6.07) is 17.4. The third-order valence-corrected chi connectivity index (χ3v) is 8.61. The summed E-state index contributed by atoms with van der Waals surface area (Å²) in [6.45, 7) is 7.47. The maximum absolute atomic E-state index is 12.2. The lowest BCUT2D eigenvalue weighted by atomic mass is 10.0. The topological polar surface area (TPSA) is 98.0 Å². The van der Waals surface area contributed by atoms with Crippen LogP contribution in [-0.4, -0.2) is 53.6 Å². The minimum atomic E-state index is 0.0137. The van der Waals surface area contributed by atoms with Crippen LogP contribution in [0, 0.1) is 0 Å². The highest BCUT2D eigenvalue weighted by atomic mass is 16.2. The smallest absolute Gasteiger partial charge is 0.220 e. The van der Waals surface area contributed by atoms with Gasteiger partial charge < -0.3 is 19.8 Å². The van der Waals surface area contributed by atoms with E-state index in [0.29, 0.717) is 0 Å². The third-order valence-electron chi connectivity index (χ3n) is 8.61. The maximum atomic E-state index is 12.2. The summed E-state index contributed by atoms with van der Waals surface area (Å²) in [5.74, 6) is 1.90. The van der Waals surface area contributed by atoms with Gasteiger partial charge in [0.1, 0.15) is 11.6 Å². The van der Waals surface area contributed by atoms with Crippen LogP contribution >= 0.6 is 0 Å². The highest BCUT2D eigenvalue weighted by Gasteiger charge is 2.36. The molecule has 2 aliphatic heterocycles. The molecule has 0 unspecified atom stereocenters. The minimum Gasteiger partial charge on any atom is -0.340 e. The molecule has 0 radical (unpaired) electrons. The lowest BCUT2D eigenvalue weighted by Gasteiger charge is -2.25. The number of H-pyrrole nitrogens is 2. The van der Waals surface area contributed by atoms with Gasteiger partial charge in [0, 0.05) is 25.9 Å². The maximum Gasteiger partial charge on any atom is 0.220 e. The SMILES string of the molecule is CC(=O)N1[C@H](C)CC[C@@H]1c1ncc(-c2ccc(-c3ccc(-c4cnc([C@H]5CC[C@@H](C)N5C(C)=O)[nH]4)cc3)cc2)[nH]1. The molecule has 206 valence electrons. The van der Waals surface area contributed by atoms with Crippen LogP contribution in [0.4, 0.5) is 0 Å². The van der Waals surface area contributed by atoms with E-state index in [0.717, 1.165) is 71.0 Å². The molecule has 2 aliphatic rings. The molecule has 0 aliphatic carbocycles. The van der Waals surface area contributed by atoms with Gasteiger partial charge >= 0.3 is 0 Å². The normalized spacial score (nSPS) is 22.7. The van der Waals surface area contributed by atoms with E-state index in [1.165, 1.54) is 0 Å². The fraction of sp³-hybridized carbons (Fsp3) is 0.375. The molecule has 2 aromatic heterocycles. The van der Waals surface area contributed by atoms with Gasteiger partial charge in [-0.1, -0.05) is 48.5 Å². The number of likely N-dealkylation sites (tertiary alicyclic amines) is 2. The van der Waals surface area contributed by atoms with E-state index in [-0.39, 0.29) is 36.0 Å². The van der Waals surface area contributed by atoms with Gasteiger partial charge in [-0.05, 0) is 61.8 Å². The van der Waals surface area contributed by atoms with Crippen LogP contribution in [0.3, 0.4) is 0 Å². The van der Waals surface area contributed by atoms with Gasteiger partial charge in [0.15, 0.2) is 0 Å². The van der Waals surface area contributed by atoms with Crippen molar-refractivity contribution in [1.29, 1.82) is 0 Å². The zero-order chi connectivity index (χ0) is 28.0. The number of nitrogens with one attached hydrogen (secondary N) is 2. The first-order valence-electron chi connectivity index (χ1n) is 14.2. The van der Waals surface area contributed by atoms with Crippen LogP contribution in [0.2, 0.25) is 0 Å². The van der Waals surface area contributed by atoms with Crippen molar-refractivity contribution in [2.45, 2.75) is 77.5 Å². The van der Waals surface area contributed by atoms with E-state index in [2.05, 4.69) is 82.3 Å². The lowest BCUT2D eigenvalue weighted by Crippen LogP contribution is -2.34. The molecule has 8 nitrogen and oxygen atoms in total. The first kappa shape index (κ1) is 26.0. The number of hydrogen-bond acceptors (Lipinski definition) is 4. The van der Waals surface area contributed by atoms with E-state index >= 15 is 0 Å². The molecule has 0 saturated carbocycles. The van der Waals surface area contributed by atoms with Gasteiger partial charge in [-0.3, -0.25) is 9.59 Å². The molecule has 4 aromatic rings. The quantitative estimate of drug-likeness (QED) is 0.314. The Bertz CT molecular complexity index is 1400. The molecule has 2 aromatic carbocycles. The monoisotopic (exact) mass is 536 g/mol. The highest BCUT2D eigenvalue weighted by molar-refractivity contribution is 5.75. The Labute approximate surface area is 234 Å². The number of benzene rings is 2. The predicted octanol–water partition coefficient (Wildman–Crippen LogP) is 6.28. The van der Waals surface area contributed by atoms with E-state index in [9.17, 15) is 9.59 Å². The summed E-state index contributed by atoms with van der Waals surface area (Å²) in [7, 11) is 0. The van der Waals surface area contributed by atoms with Gasteiger partial charge in [0.05, 0.1) is 35.9 Å². The van der Waals surface area contributed by atoms with E-state index in [1.807, 2.05) is 22.2 Å². The number of imidazole rings is 2. The van der Waals surface area contributed by atoms with Crippen molar-refractivity contribution < 1.29 is 9.59 Å². The Hall–Kier alpha value is -4.20. The summed E-state index contributed by atoms with van der Waals surface area (Å²) < 4.78 is 0. The van der Waals surface area contributed by atoms with Crippen molar-refractivity contribution in [1.82, 2.24) is 29.7 Å². The average Bonchev–Trinajstić information content (AvgIpc) is 3.74. The Morgan fingerprint density at radius 2 is 0.975 bits per heavy atom. The number of hydrogen-bond donors (Lipinski definition) is 2. The minimum absolute atomic E-state index is 0.0137. The predicted molar refractivity (Wildman–Crippen MR) is 155 cm³/mol. The zero-order valence-corrected chi connectivity index (χ0v) is 23.5. The Kier molecular flexibility index (Phi) is 6.78. The second-order valence-corrected chi connectivity index (χ2v) is 11.3. The molecule has 40 heavy (non-hydrogen) atoms. The van der Waals surface area contributed by atoms with Gasteiger partial charge in [-0.15, -0.1) is 0 Å². The molecule has 8 heteroatoms. The van der Waals surface area contributed by atoms with Crippen molar-refractivity contribution in [3.8, 4) is 33.6 Å². The fourth-order valence-corrected chi connectivity index (χ4v) is 6.56. The molecule has 2 amide bonds. The van der Waals surface area contributed by atoms with Crippen LogP contribution < -0.4 is 0 Å². The molecule has 6 rings (SSSR count). The second-order valence-electron chi connectivity index (χ2n) is 11.3. The van der Waals surface area contributed by atoms with Crippen LogP contribution in [0.15, 0.2) is 60.9 Å². The number of amides is 2. The molecule has 0 spiro atoms. The van der Waals surface area contributed by atoms with Crippen molar-refractivity contribution in [2.24, 2.45) is 0 Å². The van der Waals surface area contributed by atoms with Crippen LogP contribution in [0.25, 0.3) is 33.6 Å². The molecule has 0 bridgehead atoms. The summed E-state index contributed by atoms with van der Waals surface area (Å²) in [6.07, 6.45) is 7.57. The van der Waals surface area contributed by atoms with Crippen molar-refractivity contribution in [3.63, 3.8) is 0 Å². The van der Waals surface area contributed by atoms with E-state index in [4.69, 9.17) is 0 Å². The Morgan fingerprint density at radius 3 is 1.32 bits per heavy atom. The standard InChI is InChI=1S/C32H36N6O2/c1-19-5-15-29(37(19)21(3)39)31-33-17-27(35-31)25-11-7-23(8-12-25)24-9-13-26(14-10-24)28-18-34-32(36-28)30-16-6-20(2)38(30)22(4)40/h7-14,17-20,29-30H,5-6,15-16H2,1-4H3,(H,33,35)(H,34,36)/t19-,20-,29-,30-/m1/s1. The summed E-state index contributed by atoms with van der Waals surface area (Å²) in [5, 5.41) is 0. The van der Waals surface area contributed by atoms with Gasteiger partial charge in [-0.25, -0.2) is 9.97 Å². The van der Waals surface area contributed by atoms with Crippen LogP contribution in [0.5, 0.6) is 0 Å². The summed E-state index contributed by atoms with van der Waals surface area (Å²) in [5.41, 5.74) is 6.29. The van der Waals surface area contributed by atoms with Crippen molar-refractivity contribution >= 4 is 11.8 Å². The number of carbonyl (C=O) groups excluding carboxylic acids is 2. The zero-order valence-electron chi connectivity index (χ0n) is 23.5. The highest BCUT2D eigenvalue weighted by Crippen LogP contribution is 2.37. The molecular weight excluding hydrogens is 500 g/mol. The number of aromatic amines is 2. The molecule has 2 N–H and O–H groups in total. The number of nitrogens with zero attached hydrogens (tertiary/aromatic N) is 4.